The van der Waals surface area contributed by atoms with E-state index in [0.717, 1.165) is 11.1 Å². The Labute approximate surface area is 177 Å². The van der Waals surface area contributed by atoms with E-state index in [2.05, 4.69) is 5.10 Å². The first-order valence-corrected chi connectivity index (χ1v) is 9.99. The van der Waals surface area contributed by atoms with Gasteiger partial charge in [-0.05, 0) is 30.2 Å². The maximum absolute atomic E-state index is 13.5. The average molecular weight is 418 g/mol. The molecule has 0 bridgehead atoms. The third-order valence-electron chi connectivity index (χ3n) is 6.33. The number of benzene rings is 2. The molecule has 156 valence electrons. The lowest BCUT2D eigenvalue weighted by Gasteiger charge is -2.33. The van der Waals surface area contributed by atoms with Crippen molar-refractivity contribution in [3.63, 3.8) is 0 Å². The van der Waals surface area contributed by atoms with Gasteiger partial charge in [0.05, 0.1) is 29.0 Å². The number of fused-ring (bicyclic) bond motifs is 5. The van der Waals surface area contributed by atoms with E-state index in [4.69, 9.17) is 0 Å². The molecule has 2 aromatic carbocycles. The van der Waals surface area contributed by atoms with E-state index in [0.29, 0.717) is 0 Å². The standard InChI is InChI=1S/C22H18N4O5/c1-2-24-21(28)16-17(22(24)29)19(20(27)12-7-9-14(10-8-12)26(30)31)25-18(16)15-6-4-3-5-13(15)11-23-25/h3-11,16-19H,2H2,1H3/t16-,17+,18+,19-/m0/s1. The molecule has 0 saturated carbocycles. The zero-order valence-electron chi connectivity index (χ0n) is 16.5. The van der Waals surface area contributed by atoms with Crippen LogP contribution < -0.4 is 0 Å². The van der Waals surface area contributed by atoms with E-state index < -0.39 is 28.8 Å². The quantitative estimate of drug-likeness (QED) is 0.325. The van der Waals surface area contributed by atoms with Crippen molar-refractivity contribution < 1.29 is 19.3 Å². The zero-order valence-corrected chi connectivity index (χ0v) is 16.5. The molecule has 2 aromatic rings. The normalized spacial score (nSPS) is 26.0. The van der Waals surface area contributed by atoms with Crippen LogP contribution in [0.3, 0.4) is 0 Å². The zero-order chi connectivity index (χ0) is 21.9. The summed E-state index contributed by atoms with van der Waals surface area (Å²) >= 11 is 0. The smallest absolute Gasteiger partial charge is 0.269 e. The minimum atomic E-state index is -0.964. The van der Waals surface area contributed by atoms with Crippen molar-refractivity contribution in [1.29, 1.82) is 0 Å². The Morgan fingerprint density at radius 1 is 1.06 bits per heavy atom. The molecule has 0 radical (unpaired) electrons. The highest BCUT2D eigenvalue weighted by molar-refractivity contribution is 6.12. The number of nitrogens with zero attached hydrogens (tertiary/aromatic N) is 4. The van der Waals surface area contributed by atoms with Crippen molar-refractivity contribution in [1.82, 2.24) is 9.91 Å². The number of likely N-dealkylation sites (tertiary alicyclic amines) is 1. The fraction of sp³-hybridized carbons (Fsp3) is 0.273. The second-order valence-corrected chi connectivity index (χ2v) is 7.78. The molecule has 4 atom stereocenters. The molecule has 3 aliphatic rings. The van der Waals surface area contributed by atoms with Crippen LogP contribution in [0.15, 0.2) is 53.6 Å². The fourth-order valence-electron chi connectivity index (χ4n) is 4.96. The largest absolute Gasteiger partial charge is 0.292 e. The number of ketones is 1. The maximum atomic E-state index is 13.5. The molecule has 2 fully saturated rings. The summed E-state index contributed by atoms with van der Waals surface area (Å²) in [5, 5.41) is 17.0. The number of nitro groups is 1. The molecule has 9 heteroatoms. The number of nitro benzene ring substituents is 1. The lowest BCUT2D eigenvalue weighted by atomic mass is 9.83. The Hall–Kier alpha value is -3.88. The number of carbonyl (C=O) groups excluding carboxylic acids is 3. The number of imide groups is 1. The predicted octanol–water partition coefficient (Wildman–Crippen LogP) is 2.17. The van der Waals surface area contributed by atoms with Gasteiger partial charge in [0.2, 0.25) is 11.8 Å². The molecule has 3 heterocycles. The van der Waals surface area contributed by atoms with Crippen LogP contribution in [0.25, 0.3) is 0 Å². The van der Waals surface area contributed by atoms with Gasteiger partial charge in [0.25, 0.3) is 5.69 Å². The molecule has 5 rings (SSSR count). The highest BCUT2D eigenvalue weighted by atomic mass is 16.6. The summed E-state index contributed by atoms with van der Waals surface area (Å²) in [6, 6.07) is 11.3. The van der Waals surface area contributed by atoms with Crippen molar-refractivity contribution in [2.75, 3.05) is 6.54 Å². The summed E-state index contributed by atoms with van der Waals surface area (Å²) in [4.78, 5) is 51.5. The fourth-order valence-corrected chi connectivity index (χ4v) is 4.96. The van der Waals surface area contributed by atoms with E-state index >= 15 is 0 Å². The number of hydrogen-bond acceptors (Lipinski definition) is 7. The number of hydrazone groups is 1. The number of amides is 2. The number of Topliss-reactive ketones (excluding diaryl/α,β-unsaturated/α-hetero) is 1. The predicted molar refractivity (Wildman–Crippen MR) is 109 cm³/mol. The van der Waals surface area contributed by atoms with Crippen LogP contribution >= 0.6 is 0 Å². The average Bonchev–Trinajstić information content (AvgIpc) is 3.25. The molecule has 2 saturated heterocycles. The molecule has 3 aliphatic heterocycles. The van der Waals surface area contributed by atoms with Crippen LogP contribution in [0, 0.1) is 22.0 Å². The molecule has 0 spiro atoms. The summed E-state index contributed by atoms with van der Waals surface area (Å²) < 4.78 is 0. The Morgan fingerprint density at radius 3 is 2.42 bits per heavy atom. The Kier molecular flexibility index (Phi) is 4.21. The van der Waals surface area contributed by atoms with Gasteiger partial charge in [-0.3, -0.25) is 34.4 Å². The van der Waals surface area contributed by atoms with Gasteiger partial charge in [-0.25, -0.2) is 0 Å². The minimum Gasteiger partial charge on any atom is -0.292 e. The molecule has 0 aromatic heterocycles. The first-order chi connectivity index (χ1) is 14.9. The number of rotatable bonds is 4. The monoisotopic (exact) mass is 418 g/mol. The first kappa shape index (κ1) is 19.1. The summed E-state index contributed by atoms with van der Waals surface area (Å²) in [5.41, 5.74) is 1.80. The Bertz CT molecular complexity index is 1160. The third kappa shape index (κ3) is 2.62. The van der Waals surface area contributed by atoms with Gasteiger partial charge in [0, 0.05) is 24.2 Å². The molecule has 31 heavy (non-hydrogen) atoms. The SMILES string of the molecule is CCN1C(=O)[C@@H]2[C@H](C1=O)[C@H]1c3ccccc3C=NN1[C@@H]2C(=O)c1ccc([N+](=O)[O-])cc1. The molecular weight excluding hydrogens is 400 g/mol. The lowest BCUT2D eigenvalue weighted by Crippen LogP contribution is -2.44. The topological polar surface area (TPSA) is 113 Å². The molecule has 2 amide bonds. The van der Waals surface area contributed by atoms with Crippen LogP contribution in [0.2, 0.25) is 0 Å². The second-order valence-electron chi connectivity index (χ2n) is 7.78. The van der Waals surface area contributed by atoms with E-state index in [1.807, 2.05) is 24.3 Å². The lowest BCUT2D eigenvalue weighted by molar-refractivity contribution is -0.384. The van der Waals surface area contributed by atoms with Crippen LogP contribution in [-0.2, 0) is 9.59 Å². The number of carbonyl (C=O) groups is 3. The summed E-state index contributed by atoms with van der Waals surface area (Å²) in [7, 11) is 0. The van der Waals surface area contributed by atoms with E-state index in [1.54, 1.807) is 18.1 Å². The van der Waals surface area contributed by atoms with Crippen LogP contribution in [-0.4, -0.2) is 51.2 Å². The molecule has 9 nitrogen and oxygen atoms in total. The van der Waals surface area contributed by atoms with Crippen molar-refractivity contribution in [3.8, 4) is 0 Å². The van der Waals surface area contributed by atoms with Crippen LogP contribution in [0.1, 0.15) is 34.5 Å². The van der Waals surface area contributed by atoms with Gasteiger partial charge in [-0.1, -0.05) is 24.3 Å². The molecule has 0 aliphatic carbocycles. The van der Waals surface area contributed by atoms with E-state index in [1.165, 1.54) is 29.2 Å². The Morgan fingerprint density at radius 2 is 1.74 bits per heavy atom. The van der Waals surface area contributed by atoms with Crippen LogP contribution in [0.5, 0.6) is 0 Å². The van der Waals surface area contributed by atoms with E-state index in [9.17, 15) is 24.5 Å². The highest BCUT2D eigenvalue weighted by Crippen LogP contribution is 2.52. The third-order valence-corrected chi connectivity index (χ3v) is 6.33. The van der Waals surface area contributed by atoms with Gasteiger partial charge >= 0.3 is 0 Å². The molecule has 0 unspecified atom stereocenters. The maximum Gasteiger partial charge on any atom is 0.269 e. The van der Waals surface area contributed by atoms with Gasteiger partial charge in [0.15, 0.2) is 5.78 Å². The van der Waals surface area contributed by atoms with Gasteiger partial charge in [-0.2, -0.15) is 5.10 Å². The van der Waals surface area contributed by atoms with Gasteiger partial charge < -0.3 is 0 Å². The number of non-ortho nitro benzene ring substituents is 1. The van der Waals surface area contributed by atoms with Crippen molar-refractivity contribution in [3.05, 3.63) is 75.3 Å². The van der Waals surface area contributed by atoms with E-state index in [-0.39, 0.29) is 35.4 Å². The second kappa shape index (κ2) is 6.83. The van der Waals surface area contributed by atoms with Gasteiger partial charge in [0.1, 0.15) is 6.04 Å². The molecular formula is C22H18N4O5. The summed E-state index contributed by atoms with van der Waals surface area (Å²) in [6.07, 6.45) is 1.63. The molecule has 0 N–H and O–H groups in total. The van der Waals surface area contributed by atoms with Crippen molar-refractivity contribution in [2.24, 2.45) is 16.9 Å². The summed E-state index contributed by atoms with van der Waals surface area (Å²) in [6.45, 7) is 1.97. The van der Waals surface area contributed by atoms with Gasteiger partial charge in [-0.15, -0.1) is 0 Å². The van der Waals surface area contributed by atoms with Crippen molar-refractivity contribution >= 4 is 29.5 Å². The summed E-state index contributed by atoms with van der Waals surface area (Å²) in [5.74, 6) is -2.62. The minimum absolute atomic E-state index is 0.132. The highest BCUT2D eigenvalue weighted by Gasteiger charge is 2.64. The Balaban J connectivity index is 1.61. The first-order valence-electron chi connectivity index (χ1n) is 9.99. The van der Waals surface area contributed by atoms with Crippen LogP contribution in [0.4, 0.5) is 5.69 Å². The number of hydrogen-bond donors (Lipinski definition) is 0. The van der Waals surface area contributed by atoms with Crippen molar-refractivity contribution in [2.45, 2.75) is 19.0 Å².